The number of aromatic hydroxyl groups is 1. The third kappa shape index (κ3) is 2.96. The van der Waals surface area contributed by atoms with Crippen molar-refractivity contribution < 1.29 is 9.90 Å². The molecule has 1 N–H and O–H groups in total. The lowest BCUT2D eigenvalue weighted by atomic mass is 10.1. The van der Waals surface area contributed by atoms with Gasteiger partial charge in [0.2, 0.25) is 5.95 Å². The van der Waals surface area contributed by atoms with E-state index in [0.717, 1.165) is 0 Å². The smallest absolute Gasteiger partial charge is 0.257 e. The van der Waals surface area contributed by atoms with Gasteiger partial charge in [-0.25, -0.2) is 9.97 Å². The van der Waals surface area contributed by atoms with Crippen LogP contribution in [0.2, 0.25) is 5.02 Å². The Morgan fingerprint density at radius 1 is 1.14 bits per heavy atom. The number of nitrogens with zero attached hydrogens (tertiary/aromatic N) is 4. The van der Waals surface area contributed by atoms with Crippen molar-refractivity contribution in [2.75, 3.05) is 31.1 Å². The number of aromatic nitrogens is 2. The second-order valence-electron chi connectivity index (χ2n) is 4.99. The Kier molecular flexibility index (Phi) is 4.11. The normalized spacial score (nSPS) is 15.0. The van der Waals surface area contributed by atoms with Gasteiger partial charge in [-0.05, 0) is 24.3 Å². The lowest BCUT2D eigenvalue weighted by molar-refractivity contribution is 0.0743. The van der Waals surface area contributed by atoms with Gasteiger partial charge in [0, 0.05) is 43.6 Å². The minimum absolute atomic E-state index is 0.0526. The molecule has 0 atom stereocenters. The zero-order valence-electron chi connectivity index (χ0n) is 11.8. The van der Waals surface area contributed by atoms with Crippen LogP contribution < -0.4 is 4.90 Å². The number of phenolic OH excluding ortho intramolecular Hbond substituents is 1. The Hall–Kier alpha value is -2.34. The van der Waals surface area contributed by atoms with Crippen molar-refractivity contribution in [3.8, 4) is 5.75 Å². The van der Waals surface area contributed by atoms with Gasteiger partial charge < -0.3 is 14.9 Å². The molecule has 3 rings (SSSR count). The first-order valence-corrected chi connectivity index (χ1v) is 7.33. The van der Waals surface area contributed by atoms with Crippen molar-refractivity contribution in [2.24, 2.45) is 0 Å². The first kappa shape index (κ1) is 14.6. The molecule has 0 unspecified atom stereocenters. The van der Waals surface area contributed by atoms with Crippen LogP contribution >= 0.6 is 11.6 Å². The van der Waals surface area contributed by atoms with E-state index in [4.69, 9.17) is 11.6 Å². The van der Waals surface area contributed by atoms with Gasteiger partial charge in [-0.3, -0.25) is 4.79 Å². The number of benzene rings is 1. The third-order valence-corrected chi connectivity index (χ3v) is 3.83. The Labute approximate surface area is 133 Å². The van der Waals surface area contributed by atoms with E-state index >= 15 is 0 Å². The standard InChI is InChI=1S/C15H15ClN4O2/c16-11-2-3-13(21)12(10-11)14(22)19-6-8-20(9-7-19)15-17-4-1-5-18-15/h1-5,10,21H,6-9H2. The van der Waals surface area contributed by atoms with E-state index in [9.17, 15) is 9.90 Å². The van der Waals surface area contributed by atoms with Crippen LogP contribution in [0, 0.1) is 0 Å². The zero-order chi connectivity index (χ0) is 15.5. The molecule has 0 spiro atoms. The summed E-state index contributed by atoms with van der Waals surface area (Å²) in [4.78, 5) is 24.6. The Balaban J connectivity index is 1.68. The second kappa shape index (κ2) is 6.19. The predicted molar refractivity (Wildman–Crippen MR) is 83.3 cm³/mol. The number of anilines is 1. The number of hydrogen-bond acceptors (Lipinski definition) is 5. The number of carbonyl (C=O) groups is 1. The topological polar surface area (TPSA) is 69.6 Å². The van der Waals surface area contributed by atoms with Crippen molar-refractivity contribution in [1.29, 1.82) is 0 Å². The van der Waals surface area contributed by atoms with Gasteiger partial charge in [-0.15, -0.1) is 0 Å². The highest BCUT2D eigenvalue weighted by Crippen LogP contribution is 2.23. The molecule has 1 aliphatic heterocycles. The van der Waals surface area contributed by atoms with Crippen molar-refractivity contribution in [3.63, 3.8) is 0 Å². The molecular formula is C15H15ClN4O2. The van der Waals surface area contributed by atoms with Crippen LogP contribution in [0.5, 0.6) is 5.75 Å². The SMILES string of the molecule is O=C(c1cc(Cl)ccc1O)N1CCN(c2ncccn2)CC1. The molecule has 0 bridgehead atoms. The van der Waals surface area contributed by atoms with Crippen LogP contribution in [0.25, 0.3) is 0 Å². The summed E-state index contributed by atoms with van der Waals surface area (Å²) in [7, 11) is 0. The first-order valence-electron chi connectivity index (χ1n) is 6.95. The molecule has 0 radical (unpaired) electrons. The monoisotopic (exact) mass is 318 g/mol. The molecule has 2 heterocycles. The maximum absolute atomic E-state index is 12.5. The third-order valence-electron chi connectivity index (χ3n) is 3.59. The van der Waals surface area contributed by atoms with E-state index in [1.54, 1.807) is 29.4 Å². The number of phenols is 1. The molecule has 0 aliphatic carbocycles. The Bertz CT molecular complexity index is 672. The molecule has 22 heavy (non-hydrogen) atoms. The first-order chi connectivity index (χ1) is 10.6. The summed E-state index contributed by atoms with van der Waals surface area (Å²) in [6.45, 7) is 2.39. The van der Waals surface area contributed by atoms with Crippen molar-refractivity contribution in [1.82, 2.24) is 14.9 Å². The molecule has 1 fully saturated rings. The summed E-state index contributed by atoms with van der Waals surface area (Å²) in [5.41, 5.74) is 0.233. The molecular weight excluding hydrogens is 304 g/mol. The molecule has 7 heteroatoms. The highest BCUT2D eigenvalue weighted by Gasteiger charge is 2.25. The highest BCUT2D eigenvalue weighted by molar-refractivity contribution is 6.31. The number of rotatable bonds is 2. The molecule has 1 amide bonds. The van der Waals surface area contributed by atoms with Gasteiger partial charge in [-0.2, -0.15) is 0 Å². The summed E-state index contributed by atoms with van der Waals surface area (Å²) >= 11 is 5.90. The van der Waals surface area contributed by atoms with Crippen LogP contribution in [-0.4, -0.2) is 52.1 Å². The van der Waals surface area contributed by atoms with Crippen molar-refractivity contribution >= 4 is 23.5 Å². The van der Waals surface area contributed by atoms with E-state index in [1.807, 2.05) is 4.90 Å². The summed E-state index contributed by atoms with van der Waals surface area (Å²) in [6.07, 6.45) is 3.40. The minimum Gasteiger partial charge on any atom is -0.507 e. The van der Waals surface area contributed by atoms with Gasteiger partial charge in [0.15, 0.2) is 0 Å². The quantitative estimate of drug-likeness (QED) is 0.914. The van der Waals surface area contributed by atoms with Crippen LogP contribution in [0.4, 0.5) is 5.95 Å². The number of halogens is 1. The van der Waals surface area contributed by atoms with E-state index < -0.39 is 0 Å². The average Bonchev–Trinajstić information content (AvgIpc) is 2.57. The number of amides is 1. The van der Waals surface area contributed by atoms with Gasteiger partial charge in [0.1, 0.15) is 5.75 Å². The summed E-state index contributed by atoms with van der Waals surface area (Å²) in [5.74, 6) is 0.400. The zero-order valence-corrected chi connectivity index (χ0v) is 12.6. The van der Waals surface area contributed by atoms with Gasteiger partial charge >= 0.3 is 0 Å². The van der Waals surface area contributed by atoms with Crippen molar-refractivity contribution in [3.05, 3.63) is 47.2 Å². The van der Waals surface area contributed by atoms with Crippen LogP contribution in [-0.2, 0) is 0 Å². The molecule has 6 nitrogen and oxygen atoms in total. The van der Waals surface area contributed by atoms with Crippen molar-refractivity contribution in [2.45, 2.75) is 0 Å². The summed E-state index contributed by atoms with van der Waals surface area (Å²) in [5, 5.41) is 10.3. The molecule has 1 aromatic heterocycles. The number of carbonyl (C=O) groups excluding carboxylic acids is 1. The molecule has 0 saturated carbocycles. The molecule has 1 saturated heterocycles. The van der Waals surface area contributed by atoms with E-state index in [1.165, 1.54) is 12.1 Å². The van der Waals surface area contributed by atoms with E-state index in [2.05, 4.69) is 9.97 Å². The predicted octanol–water partition coefficient (Wildman–Crippen LogP) is 1.80. The second-order valence-corrected chi connectivity index (χ2v) is 5.43. The largest absolute Gasteiger partial charge is 0.507 e. The number of hydrogen-bond donors (Lipinski definition) is 1. The fourth-order valence-corrected chi connectivity index (χ4v) is 2.59. The maximum atomic E-state index is 12.5. The average molecular weight is 319 g/mol. The van der Waals surface area contributed by atoms with Gasteiger partial charge in [0.05, 0.1) is 5.56 Å². The Morgan fingerprint density at radius 3 is 2.50 bits per heavy atom. The lowest BCUT2D eigenvalue weighted by Crippen LogP contribution is -2.49. The fourth-order valence-electron chi connectivity index (χ4n) is 2.41. The molecule has 114 valence electrons. The van der Waals surface area contributed by atoms with Gasteiger partial charge in [-0.1, -0.05) is 11.6 Å². The summed E-state index contributed by atoms with van der Waals surface area (Å²) in [6, 6.07) is 6.25. The number of piperazine rings is 1. The van der Waals surface area contributed by atoms with Crippen LogP contribution in [0.3, 0.4) is 0 Å². The highest BCUT2D eigenvalue weighted by atomic mass is 35.5. The fraction of sp³-hybridized carbons (Fsp3) is 0.267. The molecule has 1 aliphatic rings. The van der Waals surface area contributed by atoms with Crippen LogP contribution in [0.1, 0.15) is 10.4 Å². The lowest BCUT2D eigenvalue weighted by Gasteiger charge is -2.34. The summed E-state index contributed by atoms with van der Waals surface area (Å²) < 4.78 is 0. The molecule has 2 aromatic rings. The van der Waals surface area contributed by atoms with Crippen LogP contribution in [0.15, 0.2) is 36.7 Å². The molecule has 1 aromatic carbocycles. The van der Waals surface area contributed by atoms with E-state index in [-0.39, 0.29) is 17.2 Å². The van der Waals surface area contributed by atoms with Gasteiger partial charge in [0.25, 0.3) is 5.91 Å². The Morgan fingerprint density at radius 2 is 1.82 bits per heavy atom. The maximum Gasteiger partial charge on any atom is 0.257 e. The van der Waals surface area contributed by atoms with E-state index in [0.29, 0.717) is 37.1 Å². The minimum atomic E-state index is -0.214.